The maximum atomic E-state index is 5.38. The van der Waals surface area contributed by atoms with Crippen LogP contribution < -0.4 is 0 Å². The third kappa shape index (κ3) is 5.03. The molecule has 0 saturated heterocycles. The average molecular weight is 752 g/mol. The maximum Gasteiger partial charge on any atom is 0.159 e. The molecule has 276 valence electrons. The third-order valence-electron chi connectivity index (χ3n) is 12.7. The monoisotopic (exact) mass is 751 g/mol. The zero-order valence-electron chi connectivity index (χ0n) is 32.3. The van der Waals surface area contributed by atoms with Crippen molar-refractivity contribution in [1.82, 2.24) is 14.5 Å². The van der Waals surface area contributed by atoms with Gasteiger partial charge in [0.2, 0.25) is 0 Å². The molecular weight excluding hydrogens is 715 g/mol. The molecule has 2 heterocycles. The highest BCUT2D eigenvalue weighted by atomic mass is 15.0. The number of rotatable bonds is 5. The van der Waals surface area contributed by atoms with Crippen LogP contribution in [0, 0.1) is 11.8 Å². The number of hydrogen-bond acceptors (Lipinski definition) is 2. The number of hydrogen-bond donors (Lipinski definition) is 0. The van der Waals surface area contributed by atoms with Crippen molar-refractivity contribution in [2.24, 2.45) is 0 Å². The fourth-order valence-corrected chi connectivity index (χ4v) is 10.1. The molecule has 3 aliphatic carbocycles. The van der Waals surface area contributed by atoms with E-state index < -0.39 is 5.41 Å². The molecule has 1 atom stereocenters. The summed E-state index contributed by atoms with van der Waals surface area (Å²) in [6, 6.07) is 59.3. The highest BCUT2D eigenvalue weighted by Crippen LogP contribution is 2.60. The van der Waals surface area contributed by atoms with Gasteiger partial charge in [0.1, 0.15) is 5.69 Å². The summed E-state index contributed by atoms with van der Waals surface area (Å²) in [5.74, 6) is 8.42. The van der Waals surface area contributed by atoms with E-state index in [1.807, 2.05) is 24.4 Å². The summed E-state index contributed by atoms with van der Waals surface area (Å²) in [4.78, 5) is 10.5. The lowest BCUT2D eigenvalue weighted by molar-refractivity contribution is 0.750. The topological polar surface area (TPSA) is 30.7 Å². The van der Waals surface area contributed by atoms with E-state index in [1.54, 1.807) is 0 Å². The predicted octanol–water partition coefficient (Wildman–Crippen LogP) is 13.0. The Labute approximate surface area is 343 Å². The second-order valence-corrected chi connectivity index (χ2v) is 15.8. The second-order valence-electron chi connectivity index (χ2n) is 15.8. The van der Waals surface area contributed by atoms with E-state index in [9.17, 15) is 0 Å². The minimum absolute atomic E-state index is 0.145. The van der Waals surface area contributed by atoms with Gasteiger partial charge in [0.25, 0.3) is 0 Å². The molecule has 0 N–H and O–H groups in total. The second kappa shape index (κ2) is 13.3. The zero-order chi connectivity index (χ0) is 38.9. The van der Waals surface area contributed by atoms with E-state index >= 15 is 0 Å². The van der Waals surface area contributed by atoms with E-state index in [0.29, 0.717) is 0 Å². The third-order valence-corrected chi connectivity index (χ3v) is 12.7. The van der Waals surface area contributed by atoms with Gasteiger partial charge in [-0.05, 0) is 91.9 Å². The summed E-state index contributed by atoms with van der Waals surface area (Å²) in [6.07, 6.45) is 13.0. The molecule has 0 bridgehead atoms. The predicted molar refractivity (Wildman–Crippen MR) is 242 cm³/mol. The van der Waals surface area contributed by atoms with Gasteiger partial charge in [0.15, 0.2) is 5.82 Å². The van der Waals surface area contributed by atoms with Crippen molar-refractivity contribution in [3.05, 3.63) is 233 Å². The van der Waals surface area contributed by atoms with Crippen LogP contribution in [0.5, 0.6) is 0 Å². The van der Waals surface area contributed by atoms with Crippen molar-refractivity contribution in [3.8, 4) is 28.9 Å². The van der Waals surface area contributed by atoms with E-state index in [0.717, 1.165) is 57.8 Å². The Bertz CT molecular complexity index is 3280. The van der Waals surface area contributed by atoms with Crippen LogP contribution in [-0.4, -0.2) is 14.5 Å². The Morgan fingerprint density at radius 1 is 0.661 bits per heavy atom. The highest BCUT2D eigenvalue weighted by Gasteiger charge is 2.51. The summed E-state index contributed by atoms with van der Waals surface area (Å²) in [7, 11) is 0. The Morgan fingerprint density at radius 2 is 1.34 bits per heavy atom. The lowest BCUT2D eigenvalue weighted by Crippen LogP contribution is -2.29. The van der Waals surface area contributed by atoms with Gasteiger partial charge in [0.05, 0.1) is 34.4 Å². The van der Waals surface area contributed by atoms with E-state index in [-0.39, 0.29) is 5.92 Å². The molecule has 2 aromatic heterocycles. The van der Waals surface area contributed by atoms with Gasteiger partial charge in [-0.25, -0.2) is 9.97 Å². The van der Waals surface area contributed by atoms with Crippen LogP contribution in [0.3, 0.4) is 0 Å². The quantitative estimate of drug-likeness (QED) is 0.164. The van der Waals surface area contributed by atoms with E-state index in [1.165, 1.54) is 54.9 Å². The van der Waals surface area contributed by atoms with Gasteiger partial charge in [-0.1, -0.05) is 176 Å². The Morgan fingerprint density at radius 3 is 2.07 bits per heavy atom. The van der Waals surface area contributed by atoms with Gasteiger partial charge in [-0.3, -0.25) is 4.57 Å². The summed E-state index contributed by atoms with van der Waals surface area (Å²) in [6.45, 7) is 0. The summed E-state index contributed by atoms with van der Waals surface area (Å²) in [5.41, 5.74) is 13.0. The summed E-state index contributed by atoms with van der Waals surface area (Å²) < 4.78 is 2.36. The molecule has 9 aromatic rings. The van der Waals surface area contributed by atoms with Gasteiger partial charge in [0, 0.05) is 16.5 Å². The van der Waals surface area contributed by atoms with Crippen molar-refractivity contribution in [3.63, 3.8) is 0 Å². The number of fused-ring (bicyclic) bond motifs is 9. The lowest BCUT2D eigenvalue weighted by atomic mass is 9.66. The molecule has 0 saturated carbocycles. The van der Waals surface area contributed by atoms with Crippen LogP contribution >= 0.6 is 0 Å². The van der Waals surface area contributed by atoms with Crippen molar-refractivity contribution in [1.29, 1.82) is 0 Å². The number of nitrogens with zero attached hydrogens (tertiary/aromatic N) is 3. The van der Waals surface area contributed by atoms with Crippen molar-refractivity contribution in [2.45, 2.75) is 24.2 Å². The molecule has 0 radical (unpaired) electrons. The van der Waals surface area contributed by atoms with Gasteiger partial charge < -0.3 is 0 Å². The van der Waals surface area contributed by atoms with Crippen LogP contribution in [0.4, 0.5) is 0 Å². The van der Waals surface area contributed by atoms with Crippen LogP contribution in [0.25, 0.3) is 61.2 Å². The van der Waals surface area contributed by atoms with Gasteiger partial charge in [-0.2, -0.15) is 0 Å². The fourth-order valence-electron chi connectivity index (χ4n) is 10.1. The molecule has 0 amide bonds. The minimum Gasteiger partial charge on any atom is -0.298 e. The molecule has 3 heteroatoms. The molecule has 0 aliphatic heterocycles. The van der Waals surface area contributed by atoms with Crippen LogP contribution in [0.2, 0.25) is 0 Å². The molecule has 3 nitrogen and oxygen atoms in total. The highest BCUT2D eigenvalue weighted by molar-refractivity contribution is 6.05. The zero-order valence-corrected chi connectivity index (χ0v) is 32.3. The SMILES string of the molecule is C1#CC2C(=Cc3c1n(-c1cnc(-c4ccccc4)nc1C1=CC=CCC1)c1cc4ccccc4cc31)C(c1ccccc1)(c1ccccc1)c1c2ccc2ccccc12. The smallest absolute Gasteiger partial charge is 0.159 e. The number of aromatic nitrogens is 3. The molecular formula is C56H37N3. The van der Waals surface area contributed by atoms with Crippen LogP contribution in [0.1, 0.15) is 58.0 Å². The first kappa shape index (κ1) is 33.6. The normalized spacial score (nSPS) is 16.1. The first-order chi connectivity index (χ1) is 29.3. The molecule has 7 aromatic carbocycles. The maximum absolute atomic E-state index is 5.38. The van der Waals surface area contributed by atoms with Crippen LogP contribution in [-0.2, 0) is 5.41 Å². The standard InChI is InChI=1S/C56H37N3/c1-5-18-38(19-6-1)54-52(36-57-55(58-54)39-20-7-2-8-21-39)59-50-32-31-45-46-30-29-37-17-15-16-28-44(37)53(46)56(42-24-9-3-10-25-42,43-26-11-4-12-27-43)49(45)35-48(50)47-33-40-22-13-14-23-41(40)34-51(47)59/h1-5,7-18,20-30,33-36,45H,6,19H2. The number of benzene rings is 7. The fraction of sp³-hybridized carbons (Fsp3) is 0.0714. The largest absolute Gasteiger partial charge is 0.298 e. The molecule has 1 unspecified atom stereocenters. The Hall–Kier alpha value is -7.54. The molecule has 0 fully saturated rings. The van der Waals surface area contributed by atoms with Gasteiger partial charge >= 0.3 is 0 Å². The minimum atomic E-state index is -0.601. The first-order valence-electron chi connectivity index (χ1n) is 20.5. The molecule has 0 spiro atoms. The Kier molecular flexibility index (Phi) is 7.55. The van der Waals surface area contributed by atoms with E-state index in [4.69, 9.17) is 9.97 Å². The van der Waals surface area contributed by atoms with Crippen molar-refractivity contribution < 1.29 is 0 Å². The molecule has 3 aliphatic rings. The van der Waals surface area contributed by atoms with E-state index in [2.05, 4.69) is 186 Å². The van der Waals surface area contributed by atoms with Gasteiger partial charge in [-0.15, -0.1) is 0 Å². The summed E-state index contributed by atoms with van der Waals surface area (Å²) in [5, 5.41) is 6.03. The number of allylic oxidation sites excluding steroid dienone is 5. The molecule has 12 rings (SSSR count). The first-order valence-corrected chi connectivity index (χ1v) is 20.5. The summed E-state index contributed by atoms with van der Waals surface area (Å²) >= 11 is 0. The Balaban J connectivity index is 1.22. The lowest BCUT2D eigenvalue weighted by Gasteiger charge is -2.35. The van der Waals surface area contributed by atoms with Crippen LogP contribution in [0.15, 0.2) is 194 Å². The average Bonchev–Trinajstić information content (AvgIpc) is 3.67. The molecule has 59 heavy (non-hydrogen) atoms. The van der Waals surface area contributed by atoms with Crippen molar-refractivity contribution in [2.75, 3.05) is 0 Å². The van der Waals surface area contributed by atoms with Crippen molar-refractivity contribution >= 4 is 44.1 Å².